The lowest BCUT2D eigenvalue weighted by Crippen LogP contribution is -2.14. The lowest BCUT2D eigenvalue weighted by atomic mass is 10.1. The average Bonchev–Trinajstić information content (AvgIpc) is 2.60. The zero-order valence-corrected chi connectivity index (χ0v) is 17.0. The molecule has 2 rings (SSSR count). The lowest BCUT2D eigenvalue weighted by Gasteiger charge is -2.14. The molecule has 2 aromatic carbocycles. The van der Waals surface area contributed by atoms with Crippen molar-refractivity contribution in [2.75, 3.05) is 11.9 Å². The first-order valence-corrected chi connectivity index (χ1v) is 9.24. The van der Waals surface area contributed by atoms with Gasteiger partial charge in [-0.3, -0.25) is 4.79 Å². The van der Waals surface area contributed by atoms with Gasteiger partial charge in [-0.05, 0) is 36.3 Å². The second-order valence-corrected chi connectivity index (χ2v) is 7.37. The number of hydrogen-bond donors (Lipinski definition) is 1. The fraction of sp³-hybridized carbons (Fsp3) is 0.200. The molecule has 0 spiro atoms. The molecule has 7 heteroatoms. The van der Waals surface area contributed by atoms with E-state index in [9.17, 15) is 10.1 Å². The molecule has 0 saturated carbocycles. The van der Waals surface area contributed by atoms with Gasteiger partial charge in [0, 0.05) is 10.6 Å². The molecule has 0 fully saturated rings. The number of ether oxygens (including phenoxy) is 1. The summed E-state index contributed by atoms with van der Waals surface area (Å²) in [5, 5.41) is 13.1. The molecule has 0 aliphatic carbocycles. The molecule has 0 heterocycles. The van der Waals surface area contributed by atoms with E-state index in [0.29, 0.717) is 38.7 Å². The highest BCUT2D eigenvalue weighted by atomic mass is 35.5. The molecule has 1 N–H and O–H groups in total. The molecule has 2 aromatic rings. The normalized spacial score (nSPS) is 11.2. The smallest absolute Gasteiger partial charge is 0.266 e. The van der Waals surface area contributed by atoms with E-state index in [2.05, 4.69) is 5.32 Å². The van der Waals surface area contributed by atoms with Crippen LogP contribution in [0.2, 0.25) is 15.1 Å². The summed E-state index contributed by atoms with van der Waals surface area (Å²) < 4.78 is 5.75. The Labute approximate surface area is 173 Å². The Bertz CT molecular complexity index is 918. The van der Waals surface area contributed by atoms with E-state index in [-0.39, 0.29) is 11.5 Å². The average molecular weight is 424 g/mol. The maximum absolute atomic E-state index is 12.5. The number of carbonyl (C=O) groups is 1. The molecule has 0 aliphatic heterocycles. The summed E-state index contributed by atoms with van der Waals surface area (Å²) in [7, 11) is 0. The minimum Gasteiger partial charge on any atom is -0.491 e. The number of para-hydroxylation sites is 1. The Morgan fingerprint density at radius 1 is 1.22 bits per heavy atom. The number of hydrogen-bond acceptors (Lipinski definition) is 3. The van der Waals surface area contributed by atoms with Crippen LogP contribution in [-0.4, -0.2) is 12.5 Å². The predicted molar refractivity (Wildman–Crippen MR) is 110 cm³/mol. The SMILES string of the molecule is CC(C)COc1c(Cl)cc(Cl)cc1/C=C(\C#N)C(=O)Nc1ccccc1Cl. The molecule has 0 unspecified atom stereocenters. The zero-order chi connectivity index (χ0) is 20.0. The number of benzene rings is 2. The summed E-state index contributed by atoms with van der Waals surface area (Å²) in [6.07, 6.45) is 1.39. The molecule has 0 saturated heterocycles. The molecule has 27 heavy (non-hydrogen) atoms. The maximum Gasteiger partial charge on any atom is 0.266 e. The second kappa shape index (κ2) is 9.66. The fourth-order valence-corrected chi connectivity index (χ4v) is 2.89. The van der Waals surface area contributed by atoms with E-state index < -0.39 is 5.91 Å². The molecule has 140 valence electrons. The highest BCUT2D eigenvalue weighted by Gasteiger charge is 2.15. The topological polar surface area (TPSA) is 62.1 Å². The molecule has 1 amide bonds. The van der Waals surface area contributed by atoms with Crippen molar-refractivity contribution >= 4 is 52.5 Å². The largest absolute Gasteiger partial charge is 0.491 e. The van der Waals surface area contributed by atoms with Gasteiger partial charge in [0.15, 0.2) is 0 Å². The lowest BCUT2D eigenvalue weighted by molar-refractivity contribution is -0.112. The molecular formula is C20H17Cl3N2O2. The van der Waals surface area contributed by atoms with E-state index in [4.69, 9.17) is 39.5 Å². The van der Waals surface area contributed by atoms with Gasteiger partial charge in [0.25, 0.3) is 5.91 Å². The summed E-state index contributed by atoms with van der Waals surface area (Å²) in [5.41, 5.74) is 0.715. The summed E-state index contributed by atoms with van der Waals surface area (Å²) in [6.45, 7) is 4.42. The van der Waals surface area contributed by atoms with Crippen LogP contribution in [0.3, 0.4) is 0 Å². The van der Waals surface area contributed by atoms with Crippen LogP contribution in [0.4, 0.5) is 5.69 Å². The third-order valence-corrected chi connectivity index (χ3v) is 4.21. The van der Waals surface area contributed by atoms with Gasteiger partial charge in [0.1, 0.15) is 17.4 Å². The number of halogens is 3. The standard InChI is InChI=1S/C20H17Cl3N2O2/c1-12(2)11-27-19-13(8-15(21)9-17(19)23)7-14(10-24)20(26)25-18-6-4-3-5-16(18)22/h3-9,12H,11H2,1-2H3,(H,25,26)/b14-7+. The highest BCUT2D eigenvalue weighted by molar-refractivity contribution is 6.36. The number of nitrogens with one attached hydrogen (secondary N) is 1. The molecular weight excluding hydrogens is 407 g/mol. The van der Waals surface area contributed by atoms with Gasteiger partial charge >= 0.3 is 0 Å². The van der Waals surface area contributed by atoms with Crippen molar-refractivity contribution in [3.05, 3.63) is 62.6 Å². The quantitative estimate of drug-likeness (QED) is 0.442. The van der Waals surface area contributed by atoms with E-state index in [0.717, 1.165) is 0 Å². The summed E-state index contributed by atoms with van der Waals surface area (Å²) in [6, 6.07) is 11.8. The van der Waals surface area contributed by atoms with Gasteiger partial charge in [0.05, 0.1) is 22.3 Å². The van der Waals surface area contributed by atoms with Crippen molar-refractivity contribution in [1.82, 2.24) is 0 Å². The van der Waals surface area contributed by atoms with Crippen LogP contribution in [0.5, 0.6) is 5.75 Å². The van der Waals surface area contributed by atoms with Gasteiger partial charge in [0.2, 0.25) is 0 Å². The molecule has 0 aliphatic rings. The molecule has 0 radical (unpaired) electrons. The van der Waals surface area contributed by atoms with Gasteiger partial charge in [-0.1, -0.05) is 60.8 Å². The predicted octanol–water partition coefficient (Wildman–Crippen LogP) is 6.23. The summed E-state index contributed by atoms with van der Waals surface area (Å²) in [4.78, 5) is 12.5. The van der Waals surface area contributed by atoms with Crippen molar-refractivity contribution < 1.29 is 9.53 Å². The monoisotopic (exact) mass is 422 g/mol. The van der Waals surface area contributed by atoms with E-state index in [1.54, 1.807) is 36.4 Å². The minimum absolute atomic E-state index is 0.136. The Morgan fingerprint density at radius 3 is 2.56 bits per heavy atom. The zero-order valence-electron chi connectivity index (χ0n) is 14.7. The van der Waals surface area contributed by atoms with E-state index in [1.165, 1.54) is 6.08 Å². The van der Waals surface area contributed by atoms with Crippen LogP contribution in [0, 0.1) is 17.2 Å². The third-order valence-electron chi connectivity index (χ3n) is 3.39. The number of carbonyl (C=O) groups excluding carboxylic acids is 1. The van der Waals surface area contributed by atoms with Crippen molar-refractivity contribution in [3.8, 4) is 11.8 Å². The van der Waals surface area contributed by atoms with Crippen LogP contribution in [0.15, 0.2) is 42.0 Å². The Kier molecular flexibility index (Phi) is 7.55. The molecule has 0 aromatic heterocycles. The van der Waals surface area contributed by atoms with E-state index in [1.807, 2.05) is 19.9 Å². The van der Waals surface area contributed by atoms with E-state index >= 15 is 0 Å². The first-order chi connectivity index (χ1) is 12.8. The molecule has 0 atom stereocenters. The summed E-state index contributed by atoms with van der Waals surface area (Å²) in [5.74, 6) is 0.0390. The maximum atomic E-state index is 12.5. The number of anilines is 1. The van der Waals surface area contributed by atoms with Crippen molar-refractivity contribution in [2.45, 2.75) is 13.8 Å². The third kappa shape index (κ3) is 5.90. The van der Waals surface area contributed by atoms with Crippen molar-refractivity contribution in [2.24, 2.45) is 5.92 Å². The van der Waals surface area contributed by atoms with Crippen LogP contribution in [-0.2, 0) is 4.79 Å². The Morgan fingerprint density at radius 2 is 1.93 bits per heavy atom. The first-order valence-electron chi connectivity index (χ1n) is 8.11. The van der Waals surface area contributed by atoms with Crippen LogP contribution in [0.1, 0.15) is 19.4 Å². The Hall–Kier alpha value is -2.19. The number of amides is 1. The highest BCUT2D eigenvalue weighted by Crippen LogP contribution is 2.34. The molecule has 4 nitrogen and oxygen atoms in total. The van der Waals surface area contributed by atoms with Crippen molar-refractivity contribution in [3.63, 3.8) is 0 Å². The number of nitriles is 1. The van der Waals surface area contributed by atoms with Crippen LogP contribution < -0.4 is 10.1 Å². The second-order valence-electron chi connectivity index (χ2n) is 6.11. The fourth-order valence-electron chi connectivity index (χ4n) is 2.15. The molecule has 0 bridgehead atoms. The van der Waals surface area contributed by atoms with Gasteiger partial charge in [-0.15, -0.1) is 0 Å². The summed E-state index contributed by atoms with van der Waals surface area (Å²) >= 11 is 18.3. The Balaban J connectivity index is 2.37. The number of nitrogens with zero attached hydrogens (tertiary/aromatic N) is 1. The minimum atomic E-state index is -0.600. The first kappa shape index (κ1) is 21.1. The van der Waals surface area contributed by atoms with Crippen LogP contribution >= 0.6 is 34.8 Å². The van der Waals surface area contributed by atoms with Gasteiger partial charge < -0.3 is 10.1 Å². The number of rotatable bonds is 6. The van der Waals surface area contributed by atoms with Crippen molar-refractivity contribution in [1.29, 1.82) is 5.26 Å². The van der Waals surface area contributed by atoms with Gasteiger partial charge in [-0.25, -0.2) is 0 Å². The van der Waals surface area contributed by atoms with Crippen LogP contribution in [0.25, 0.3) is 6.08 Å². The van der Waals surface area contributed by atoms with Gasteiger partial charge in [-0.2, -0.15) is 5.26 Å².